The van der Waals surface area contributed by atoms with Gasteiger partial charge >= 0.3 is 0 Å². The van der Waals surface area contributed by atoms with Crippen LogP contribution in [-0.4, -0.2) is 48.3 Å². The number of carbonyl (C=O) groups excluding carboxylic acids is 1. The first kappa shape index (κ1) is 30.2. The molecule has 1 heterocycles. The number of amides is 1. The highest BCUT2D eigenvalue weighted by molar-refractivity contribution is 6.35. The predicted molar refractivity (Wildman–Crippen MR) is 160 cm³/mol. The number of rotatable bonds is 13. The van der Waals surface area contributed by atoms with Gasteiger partial charge in [0.1, 0.15) is 11.9 Å². The van der Waals surface area contributed by atoms with E-state index in [1.165, 1.54) is 0 Å². The summed E-state index contributed by atoms with van der Waals surface area (Å²) in [6, 6.07) is 20.1. The highest BCUT2D eigenvalue weighted by atomic mass is 35.5. The summed E-state index contributed by atoms with van der Waals surface area (Å²) in [6.07, 6.45) is 0.696. The van der Waals surface area contributed by atoms with Gasteiger partial charge in [-0.15, -0.1) is 0 Å². The van der Waals surface area contributed by atoms with Crippen molar-refractivity contribution in [1.29, 1.82) is 0 Å². The van der Waals surface area contributed by atoms with Crippen molar-refractivity contribution in [1.82, 2.24) is 5.32 Å². The molecule has 2 N–H and O–H groups in total. The van der Waals surface area contributed by atoms with E-state index in [2.05, 4.69) is 15.3 Å². The van der Waals surface area contributed by atoms with E-state index in [1.54, 1.807) is 24.3 Å². The maximum Gasteiger partial charge on any atom is 0.252 e. The molecule has 0 saturated heterocycles. The average molecular weight is 597 g/mol. The molecule has 0 bridgehead atoms. The van der Waals surface area contributed by atoms with Crippen molar-refractivity contribution in [2.24, 2.45) is 10.1 Å². The Hall–Kier alpha value is -3.75. The average Bonchev–Trinajstić information content (AvgIpc) is 3.30. The highest BCUT2D eigenvalue weighted by Gasteiger charge is 2.50. The van der Waals surface area contributed by atoms with Crippen molar-refractivity contribution in [2.75, 3.05) is 19.8 Å². The summed E-state index contributed by atoms with van der Waals surface area (Å²) in [5, 5.41) is 16.8. The lowest BCUT2D eigenvalue weighted by Gasteiger charge is -2.29. The number of azide groups is 1. The highest BCUT2D eigenvalue weighted by Crippen LogP contribution is 2.34. The Bertz CT molecular complexity index is 1440. The maximum absolute atomic E-state index is 13.9. The Morgan fingerprint density at radius 2 is 1.90 bits per heavy atom. The second-order valence-electron chi connectivity index (χ2n) is 9.63. The van der Waals surface area contributed by atoms with E-state index in [0.717, 1.165) is 16.7 Å². The number of nitrogens with one attached hydrogen (secondary N) is 1. The summed E-state index contributed by atoms with van der Waals surface area (Å²) in [5.41, 5.74) is 10.8. The van der Waals surface area contributed by atoms with Crippen molar-refractivity contribution < 1.29 is 19.4 Å². The minimum absolute atomic E-state index is 0.0590. The molecule has 1 aliphatic heterocycles. The minimum atomic E-state index is -1.28. The zero-order chi connectivity index (χ0) is 29.2. The number of hydrogen-bond acceptors (Lipinski definition) is 6. The predicted octanol–water partition coefficient (Wildman–Crippen LogP) is 6.07. The van der Waals surface area contributed by atoms with Gasteiger partial charge < -0.3 is 19.9 Å². The first-order chi connectivity index (χ1) is 19.9. The molecule has 4 rings (SSSR count). The van der Waals surface area contributed by atoms with Crippen LogP contribution < -0.4 is 10.1 Å². The van der Waals surface area contributed by atoms with Crippen LogP contribution in [0.4, 0.5) is 0 Å². The monoisotopic (exact) mass is 595 g/mol. The van der Waals surface area contributed by atoms with Crippen LogP contribution in [0.5, 0.6) is 5.75 Å². The number of benzene rings is 3. The molecule has 0 saturated carbocycles. The van der Waals surface area contributed by atoms with Crippen LogP contribution in [0, 0.1) is 0 Å². The summed E-state index contributed by atoms with van der Waals surface area (Å²) in [6.45, 7) is 2.78. The molecule has 2 atom stereocenters. The van der Waals surface area contributed by atoms with Gasteiger partial charge in [0.05, 0.1) is 13.2 Å². The number of ether oxygens (including phenoxy) is 2. The van der Waals surface area contributed by atoms with E-state index in [-0.39, 0.29) is 25.5 Å². The SMILES string of the molecule is C[C@H]1OC(c2ccc(OCCCO)cc2)=N[C@@]1(Cc1ccccc1CN=[N+]=[N-])C(=O)NCCc1ccc(Cl)cc1Cl. The third-order valence-electron chi connectivity index (χ3n) is 6.91. The summed E-state index contributed by atoms with van der Waals surface area (Å²) < 4.78 is 11.8. The molecule has 41 heavy (non-hydrogen) atoms. The van der Waals surface area contributed by atoms with Crippen molar-refractivity contribution in [3.8, 4) is 5.75 Å². The van der Waals surface area contributed by atoms with Crippen LogP contribution in [0.15, 0.2) is 76.8 Å². The number of nitrogens with zero attached hydrogens (tertiary/aromatic N) is 4. The number of carbonyl (C=O) groups is 1. The van der Waals surface area contributed by atoms with Gasteiger partial charge in [-0.2, -0.15) is 0 Å². The fourth-order valence-electron chi connectivity index (χ4n) is 4.61. The van der Waals surface area contributed by atoms with Crippen molar-refractivity contribution in [3.63, 3.8) is 0 Å². The minimum Gasteiger partial charge on any atom is -0.494 e. The summed E-state index contributed by atoms with van der Waals surface area (Å²) in [7, 11) is 0. The van der Waals surface area contributed by atoms with Crippen LogP contribution in [0.25, 0.3) is 10.4 Å². The van der Waals surface area contributed by atoms with E-state index >= 15 is 0 Å². The standard InChI is InChI=1S/C30H31Cl2N5O4/c1-20-30(18-23-5-2-3-6-24(23)19-35-37-33,29(39)34-14-13-21-7-10-25(31)17-27(21)32)36-28(41-20)22-8-11-26(12-9-22)40-16-4-15-38/h2-3,5-12,17,20,38H,4,13-16,18-19H2,1H3,(H,34,39)/t20-,30-/m1/s1. The first-order valence-electron chi connectivity index (χ1n) is 13.3. The van der Waals surface area contributed by atoms with E-state index < -0.39 is 11.6 Å². The molecular formula is C30H31Cl2N5O4. The smallest absolute Gasteiger partial charge is 0.252 e. The molecule has 214 valence electrons. The molecule has 0 fully saturated rings. The van der Waals surface area contributed by atoms with Crippen molar-refractivity contribution in [2.45, 2.75) is 44.4 Å². The third-order valence-corrected chi connectivity index (χ3v) is 7.49. The van der Waals surface area contributed by atoms with Gasteiger partial charge in [0.25, 0.3) is 5.91 Å². The van der Waals surface area contributed by atoms with Crippen LogP contribution in [-0.2, 0) is 28.9 Å². The maximum atomic E-state index is 13.9. The Kier molecular flexibility index (Phi) is 10.5. The molecule has 0 radical (unpaired) electrons. The van der Waals surface area contributed by atoms with Crippen molar-refractivity contribution in [3.05, 3.63) is 109 Å². The quantitative estimate of drug-likeness (QED) is 0.107. The summed E-state index contributed by atoms with van der Waals surface area (Å²) in [5.74, 6) is 0.723. The van der Waals surface area contributed by atoms with Gasteiger partial charge in [-0.3, -0.25) is 4.79 Å². The molecular weight excluding hydrogens is 565 g/mol. The molecule has 3 aromatic rings. The number of aliphatic hydroxyl groups excluding tert-OH is 1. The Morgan fingerprint density at radius 3 is 2.61 bits per heavy atom. The van der Waals surface area contributed by atoms with Gasteiger partial charge in [0, 0.05) is 46.5 Å². The Balaban J connectivity index is 1.61. The topological polar surface area (TPSA) is 129 Å². The molecule has 3 aromatic carbocycles. The fourth-order valence-corrected chi connectivity index (χ4v) is 5.12. The van der Waals surface area contributed by atoms with Crippen LogP contribution >= 0.6 is 23.2 Å². The van der Waals surface area contributed by atoms with Crippen LogP contribution in [0.2, 0.25) is 10.0 Å². The lowest BCUT2D eigenvalue weighted by Crippen LogP contribution is -2.53. The number of halogens is 2. The first-order valence-corrected chi connectivity index (χ1v) is 14.0. The van der Waals surface area contributed by atoms with Crippen molar-refractivity contribution >= 4 is 35.0 Å². The Labute approximate surface area is 248 Å². The summed E-state index contributed by atoms with van der Waals surface area (Å²) >= 11 is 12.3. The molecule has 0 aliphatic carbocycles. The molecule has 0 aromatic heterocycles. The molecule has 11 heteroatoms. The zero-order valence-electron chi connectivity index (χ0n) is 22.6. The van der Waals surface area contributed by atoms with Crippen LogP contribution in [0.1, 0.15) is 35.6 Å². The van der Waals surface area contributed by atoms with Crippen LogP contribution in [0.3, 0.4) is 0 Å². The molecule has 1 aliphatic rings. The largest absolute Gasteiger partial charge is 0.494 e. The van der Waals surface area contributed by atoms with E-state index in [4.69, 9.17) is 48.3 Å². The normalized spacial score (nSPS) is 17.8. The molecule has 0 unspecified atom stereocenters. The second kappa shape index (κ2) is 14.2. The van der Waals surface area contributed by atoms with Gasteiger partial charge in [-0.25, -0.2) is 4.99 Å². The zero-order valence-corrected chi connectivity index (χ0v) is 24.1. The number of aliphatic imine (C=N–C) groups is 1. The van der Waals surface area contributed by atoms with Gasteiger partial charge in [-0.05, 0) is 72.0 Å². The van der Waals surface area contributed by atoms with E-state index in [1.807, 2.05) is 49.4 Å². The number of aliphatic hydroxyl groups is 1. The lowest BCUT2D eigenvalue weighted by atomic mass is 9.84. The molecule has 9 nitrogen and oxygen atoms in total. The van der Waals surface area contributed by atoms with E-state index in [0.29, 0.717) is 53.2 Å². The molecule has 1 amide bonds. The van der Waals surface area contributed by atoms with Gasteiger partial charge in [0.2, 0.25) is 5.90 Å². The third kappa shape index (κ3) is 7.51. The number of hydrogen-bond donors (Lipinski definition) is 2. The second-order valence-corrected chi connectivity index (χ2v) is 10.5. The van der Waals surface area contributed by atoms with Gasteiger partial charge in [0.15, 0.2) is 5.54 Å². The fraction of sp³-hybridized carbons (Fsp3) is 0.333. The van der Waals surface area contributed by atoms with Gasteiger partial charge in [-0.1, -0.05) is 58.6 Å². The van der Waals surface area contributed by atoms with E-state index in [9.17, 15) is 4.79 Å². The molecule has 0 spiro atoms. The lowest BCUT2D eigenvalue weighted by molar-refractivity contribution is -0.128. The Morgan fingerprint density at radius 1 is 1.15 bits per heavy atom. The summed E-state index contributed by atoms with van der Waals surface area (Å²) in [4.78, 5) is 21.7.